The third kappa shape index (κ3) is 4.52. The Morgan fingerprint density at radius 1 is 1.30 bits per heavy atom. The van der Waals surface area contributed by atoms with Gasteiger partial charge in [-0.25, -0.2) is 9.97 Å². The van der Waals surface area contributed by atoms with Crippen LogP contribution in [0.1, 0.15) is 30.3 Å². The van der Waals surface area contributed by atoms with Crippen LogP contribution in [0.5, 0.6) is 0 Å². The number of nitro benzene ring substituents is 1. The number of H-pyrrole nitrogens is 1. The van der Waals surface area contributed by atoms with Crippen LogP contribution in [0.25, 0.3) is 11.4 Å². The largest absolute Gasteiger partial charge is 0.381 e. The number of anilines is 2. The average Bonchev–Trinajstić information content (AvgIpc) is 3.12. The third-order valence-electron chi connectivity index (χ3n) is 4.76. The van der Waals surface area contributed by atoms with E-state index in [1.54, 1.807) is 12.1 Å². The molecule has 1 aromatic carbocycles. The average molecular weight is 406 g/mol. The number of nitrogens with zero attached hydrogens (tertiary/aromatic N) is 6. The summed E-state index contributed by atoms with van der Waals surface area (Å²) in [6.45, 7) is 2.71. The molecule has 0 saturated carbocycles. The van der Waals surface area contributed by atoms with Gasteiger partial charge in [0, 0.05) is 43.0 Å². The zero-order valence-corrected chi connectivity index (χ0v) is 16.8. The van der Waals surface area contributed by atoms with E-state index in [1.165, 1.54) is 12.1 Å². The molecule has 10 heteroatoms. The number of nitro groups is 1. The number of nitrogen functional groups attached to an aromatic ring is 1. The highest BCUT2D eigenvalue weighted by atomic mass is 16.6. The lowest BCUT2D eigenvalue weighted by molar-refractivity contribution is -0.384. The van der Waals surface area contributed by atoms with Gasteiger partial charge in [0.1, 0.15) is 17.5 Å². The van der Waals surface area contributed by atoms with E-state index >= 15 is 0 Å². The smallest absolute Gasteiger partial charge is 0.269 e. The number of aromatic amines is 1. The number of nitrogens with two attached hydrogens (primary N) is 1. The maximum absolute atomic E-state index is 10.9. The van der Waals surface area contributed by atoms with Gasteiger partial charge in [0.15, 0.2) is 11.6 Å². The summed E-state index contributed by atoms with van der Waals surface area (Å²) in [6, 6.07) is 10.2. The van der Waals surface area contributed by atoms with Gasteiger partial charge >= 0.3 is 0 Å². The van der Waals surface area contributed by atoms with Gasteiger partial charge < -0.3 is 10.6 Å². The quantitative estimate of drug-likeness (QED) is 0.428. The molecule has 0 aliphatic heterocycles. The fraction of sp³-hybridized carbons (Fsp3) is 0.300. The van der Waals surface area contributed by atoms with Crippen molar-refractivity contribution in [3.63, 3.8) is 0 Å². The van der Waals surface area contributed by atoms with E-state index in [-0.39, 0.29) is 11.5 Å². The van der Waals surface area contributed by atoms with Crippen LogP contribution in [0.15, 0.2) is 30.3 Å². The van der Waals surface area contributed by atoms with E-state index in [0.29, 0.717) is 24.4 Å². The first-order chi connectivity index (χ1) is 14.4. The summed E-state index contributed by atoms with van der Waals surface area (Å²) < 4.78 is 0. The molecule has 0 radical (unpaired) electrons. The normalized spacial score (nSPS) is 10.6. The SMILES string of the molecule is CCc1cc(N(C)CCCc2[nH]nc(N)c2C#N)nc(-c2ccc([N+](=O)[O-])cc2)n1. The molecule has 2 aromatic heterocycles. The van der Waals surface area contributed by atoms with Crippen molar-refractivity contribution in [2.45, 2.75) is 26.2 Å². The van der Waals surface area contributed by atoms with Crippen molar-refractivity contribution in [1.82, 2.24) is 20.2 Å². The predicted octanol–water partition coefficient (Wildman–Crippen LogP) is 2.86. The minimum atomic E-state index is -0.433. The van der Waals surface area contributed by atoms with Crippen molar-refractivity contribution in [2.75, 3.05) is 24.2 Å². The van der Waals surface area contributed by atoms with Gasteiger partial charge in [-0.05, 0) is 31.4 Å². The Bertz CT molecular complexity index is 1090. The molecule has 0 fully saturated rings. The summed E-state index contributed by atoms with van der Waals surface area (Å²) in [5.74, 6) is 1.51. The second kappa shape index (κ2) is 9.00. The molecular formula is C20H22N8O2. The lowest BCUT2D eigenvalue weighted by Gasteiger charge is -2.19. The monoisotopic (exact) mass is 406 g/mol. The molecule has 0 amide bonds. The molecule has 3 rings (SSSR count). The molecule has 10 nitrogen and oxygen atoms in total. The Kier molecular flexibility index (Phi) is 6.22. The lowest BCUT2D eigenvalue weighted by atomic mass is 10.1. The van der Waals surface area contributed by atoms with Crippen molar-refractivity contribution < 1.29 is 4.92 Å². The van der Waals surface area contributed by atoms with Gasteiger partial charge in [-0.15, -0.1) is 0 Å². The summed E-state index contributed by atoms with van der Waals surface area (Å²) >= 11 is 0. The number of rotatable bonds is 8. The van der Waals surface area contributed by atoms with Crippen LogP contribution in [0.2, 0.25) is 0 Å². The number of hydrogen-bond acceptors (Lipinski definition) is 8. The van der Waals surface area contributed by atoms with Gasteiger partial charge in [0.05, 0.1) is 10.6 Å². The highest BCUT2D eigenvalue weighted by Crippen LogP contribution is 2.23. The van der Waals surface area contributed by atoms with Crippen LogP contribution >= 0.6 is 0 Å². The molecule has 0 spiro atoms. The molecule has 0 aliphatic carbocycles. The molecule has 3 N–H and O–H groups in total. The maximum Gasteiger partial charge on any atom is 0.269 e. The fourth-order valence-corrected chi connectivity index (χ4v) is 3.03. The number of hydrogen-bond donors (Lipinski definition) is 2. The Labute approximate surface area is 173 Å². The van der Waals surface area contributed by atoms with Crippen molar-refractivity contribution in [1.29, 1.82) is 5.26 Å². The van der Waals surface area contributed by atoms with E-state index < -0.39 is 4.92 Å². The van der Waals surface area contributed by atoms with E-state index in [1.807, 2.05) is 24.9 Å². The number of aryl methyl sites for hydroxylation is 2. The highest BCUT2D eigenvalue weighted by molar-refractivity contribution is 5.60. The Morgan fingerprint density at radius 2 is 2.03 bits per heavy atom. The summed E-state index contributed by atoms with van der Waals surface area (Å²) in [7, 11) is 1.94. The van der Waals surface area contributed by atoms with Gasteiger partial charge in [-0.1, -0.05) is 6.92 Å². The second-order valence-corrected chi connectivity index (χ2v) is 6.80. The van der Waals surface area contributed by atoms with Crippen LogP contribution in [0.3, 0.4) is 0 Å². The van der Waals surface area contributed by atoms with E-state index in [4.69, 9.17) is 11.0 Å². The predicted molar refractivity (Wildman–Crippen MR) is 113 cm³/mol. The van der Waals surface area contributed by atoms with Crippen molar-refractivity contribution in [2.24, 2.45) is 0 Å². The Hall–Kier alpha value is -4.00. The molecule has 0 atom stereocenters. The standard InChI is InChI=1S/C20H22N8O2/c1-3-14-11-18(24-20(23-14)13-6-8-15(9-7-13)28(29)30)27(2)10-4-5-17-16(12-21)19(22)26-25-17/h6-9,11H,3-5,10H2,1-2H3,(H3,22,25,26). The summed E-state index contributed by atoms with van der Waals surface area (Å²) in [5.41, 5.74) is 8.43. The number of aromatic nitrogens is 4. The fourth-order valence-electron chi connectivity index (χ4n) is 3.03. The molecule has 2 heterocycles. The van der Waals surface area contributed by atoms with E-state index in [9.17, 15) is 10.1 Å². The van der Waals surface area contributed by atoms with Gasteiger partial charge in [-0.3, -0.25) is 15.2 Å². The van der Waals surface area contributed by atoms with Gasteiger partial charge in [-0.2, -0.15) is 10.4 Å². The molecule has 0 saturated heterocycles. The number of nitrogens with one attached hydrogen (secondary N) is 1. The topological polar surface area (TPSA) is 151 Å². The van der Waals surface area contributed by atoms with Crippen molar-refractivity contribution in [3.8, 4) is 17.5 Å². The minimum absolute atomic E-state index is 0.0268. The molecule has 154 valence electrons. The van der Waals surface area contributed by atoms with Crippen molar-refractivity contribution >= 4 is 17.3 Å². The zero-order chi connectivity index (χ0) is 21.7. The molecule has 0 aliphatic rings. The summed E-state index contributed by atoms with van der Waals surface area (Å²) in [6.07, 6.45) is 2.14. The maximum atomic E-state index is 10.9. The van der Waals surface area contributed by atoms with Gasteiger partial charge in [0.25, 0.3) is 5.69 Å². The molecule has 30 heavy (non-hydrogen) atoms. The van der Waals surface area contributed by atoms with E-state index in [2.05, 4.69) is 26.2 Å². The Balaban J connectivity index is 1.75. The number of non-ortho nitro benzene ring substituents is 1. The van der Waals surface area contributed by atoms with Crippen LogP contribution in [0.4, 0.5) is 17.3 Å². The number of nitriles is 1. The lowest BCUT2D eigenvalue weighted by Crippen LogP contribution is -2.21. The van der Waals surface area contributed by atoms with Crippen molar-refractivity contribution in [3.05, 3.63) is 57.4 Å². The van der Waals surface area contributed by atoms with Crippen LogP contribution in [0, 0.1) is 21.4 Å². The first-order valence-corrected chi connectivity index (χ1v) is 9.49. The Morgan fingerprint density at radius 3 is 2.67 bits per heavy atom. The highest BCUT2D eigenvalue weighted by Gasteiger charge is 2.13. The third-order valence-corrected chi connectivity index (χ3v) is 4.76. The number of benzene rings is 1. The van der Waals surface area contributed by atoms with Crippen LogP contribution in [-0.4, -0.2) is 38.7 Å². The summed E-state index contributed by atoms with van der Waals surface area (Å²) in [4.78, 5) is 21.7. The van der Waals surface area contributed by atoms with E-state index in [0.717, 1.165) is 35.6 Å². The van der Waals surface area contributed by atoms with Crippen LogP contribution in [-0.2, 0) is 12.8 Å². The van der Waals surface area contributed by atoms with Gasteiger partial charge in [0.2, 0.25) is 0 Å². The minimum Gasteiger partial charge on any atom is -0.381 e. The molecule has 3 aromatic rings. The first kappa shape index (κ1) is 20.7. The zero-order valence-electron chi connectivity index (χ0n) is 16.8. The molecular weight excluding hydrogens is 384 g/mol. The first-order valence-electron chi connectivity index (χ1n) is 9.49. The molecule has 0 bridgehead atoms. The summed E-state index contributed by atoms with van der Waals surface area (Å²) in [5, 5.41) is 26.7. The second-order valence-electron chi connectivity index (χ2n) is 6.80. The molecule has 0 unspecified atom stereocenters. The van der Waals surface area contributed by atoms with Crippen LogP contribution < -0.4 is 10.6 Å².